The molecule has 0 atom stereocenters. The molecule has 0 unspecified atom stereocenters. The second-order valence-electron chi connectivity index (χ2n) is 6.54. The van der Waals surface area contributed by atoms with E-state index >= 15 is 0 Å². The van der Waals surface area contributed by atoms with Crippen LogP contribution in [0.3, 0.4) is 0 Å². The molecule has 26 heavy (non-hydrogen) atoms. The van der Waals surface area contributed by atoms with Gasteiger partial charge in [0.2, 0.25) is 0 Å². The van der Waals surface area contributed by atoms with Crippen LogP contribution < -0.4 is 4.74 Å². The van der Waals surface area contributed by atoms with Crippen LogP contribution >= 0.6 is 0 Å². The summed E-state index contributed by atoms with van der Waals surface area (Å²) in [5, 5.41) is 0. The van der Waals surface area contributed by atoms with E-state index < -0.39 is 0 Å². The highest BCUT2D eigenvalue weighted by Crippen LogP contribution is 2.31. The molecule has 0 heterocycles. The minimum Gasteiger partial charge on any atom is -0.494 e. The summed E-state index contributed by atoms with van der Waals surface area (Å²) in [4.78, 5) is 0. The highest BCUT2D eigenvalue weighted by molar-refractivity contribution is 5.57. The van der Waals surface area contributed by atoms with Crippen molar-refractivity contribution in [3.8, 4) is 5.75 Å². The minimum atomic E-state index is 0.799. The van der Waals surface area contributed by atoms with Crippen LogP contribution in [0.15, 0.2) is 84.9 Å². The van der Waals surface area contributed by atoms with Gasteiger partial charge in [-0.25, -0.2) is 0 Å². The van der Waals surface area contributed by atoms with Crippen molar-refractivity contribution in [3.63, 3.8) is 0 Å². The Labute approximate surface area is 157 Å². The lowest BCUT2D eigenvalue weighted by Crippen LogP contribution is -2.04. The largest absolute Gasteiger partial charge is 0.494 e. The Balaban J connectivity index is 1.75. The quantitative estimate of drug-likeness (QED) is 0.311. The van der Waals surface area contributed by atoms with E-state index in [0.717, 1.165) is 18.8 Å². The van der Waals surface area contributed by atoms with Crippen molar-refractivity contribution in [2.75, 3.05) is 6.61 Å². The van der Waals surface area contributed by atoms with Crippen molar-refractivity contribution < 1.29 is 4.74 Å². The summed E-state index contributed by atoms with van der Waals surface area (Å²) >= 11 is 0. The van der Waals surface area contributed by atoms with E-state index in [1.807, 2.05) is 0 Å². The first kappa shape index (κ1) is 18.3. The van der Waals surface area contributed by atoms with Crippen molar-refractivity contribution in [3.05, 3.63) is 108 Å². The van der Waals surface area contributed by atoms with Gasteiger partial charge in [-0.1, -0.05) is 99.0 Å². The second-order valence-corrected chi connectivity index (χ2v) is 6.54. The summed E-state index contributed by atoms with van der Waals surface area (Å²) in [6, 6.07) is 29.6. The first-order valence-electron chi connectivity index (χ1n) is 9.59. The molecule has 0 bridgehead atoms. The van der Waals surface area contributed by atoms with E-state index in [2.05, 4.69) is 91.9 Å². The maximum atomic E-state index is 5.89. The zero-order valence-corrected chi connectivity index (χ0v) is 15.5. The van der Waals surface area contributed by atoms with Crippen molar-refractivity contribution in [1.29, 1.82) is 0 Å². The molecule has 0 saturated heterocycles. The van der Waals surface area contributed by atoms with Gasteiger partial charge in [0, 0.05) is 0 Å². The Morgan fingerprint density at radius 1 is 0.615 bits per heavy atom. The molecule has 0 aliphatic heterocycles. The number of benzene rings is 3. The standard InChI is InChI=1S/C25H27O/c1-2-3-4-11-20-26-24-18-16-23(17-19-24)25(21-12-7-5-8-13-21)22-14-9-6-10-15-22/h5-10,12-19H,2-4,11,20H2,1H3. The van der Waals surface area contributed by atoms with Crippen LogP contribution in [0.5, 0.6) is 5.75 Å². The van der Waals surface area contributed by atoms with Gasteiger partial charge in [0.15, 0.2) is 0 Å². The van der Waals surface area contributed by atoms with Crippen molar-refractivity contribution in [2.45, 2.75) is 32.6 Å². The first-order chi connectivity index (χ1) is 12.9. The number of rotatable bonds is 9. The molecule has 0 aromatic heterocycles. The van der Waals surface area contributed by atoms with Gasteiger partial charge in [0.05, 0.1) is 12.5 Å². The molecule has 1 heteroatoms. The maximum Gasteiger partial charge on any atom is 0.119 e. The average molecular weight is 343 g/mol. The predicted molar refractivity (Wildman–Crippen MR) is 110 cm³/mol. The molecule has 3 aromatic rings. The monoisotopic (exact) mass is 343 g/mol. The van der Waals surface area contributed by atoms with Crippen LogP contribution in [0, 0.1) is 5.92 Å². The summed E-state index contributed by atoms with van der Waals surface area (Å²) in [7, 11) is 0. The summed E-state index contributed by atoms with van der Waals surface area (Å²) in [5.74, 6) is 2.20. The van der Waals surface area contributed by atoms with E-state index in [-0.39, 0.29) is 0 Å². The molecule has 0 aliphatic rings. The van der Waals surface area contributed by atoms with Crippen LogP contribution in [0.4, 0.5) is 0 Å². The molecule has 0 saturated carbocycles. The SMILES string of the molecule is CCCCCCOc1ccc([C](c2ccccc2)c2ccccc2)cc1. The second kappa shape index (κ2) is 9.82. The summed E-state index contributed by atoms with van der Waals surface area (Å²) in [6.45, 7) is 3.03. The van der Waals surface area contributed by atoms with E-state index in [4.69, 9.17) is 4.74 Å². The van der Waals surface area contributed by atoms with Crippen LogP contribution in [-0.2, 0) is 0 Å². The third-order valence-corrected chi connectivity index (χ3v) is 4.53. The molecule has 1 radical (unpaired) electrons. The van der Waals surface area contributed by atoms with E-state index in [1.165, 1.54) is 41.9 Å². The van der Waals surface area contributed by atoms with Gasteiger partial charge in [0.1, 0.15) is 5.75 Å². The number of unbranched alkanes of at least 4 members (excludes halogenated alkanes) is 3. The number of hydrogen-bond donors (Lipinski definition) is 0. The van der Waals surface area contributed by atoms with Crippen LogP contribution in [0.25, 0.3) is 0 Å². The number of ether oxygens (including phenoxy) is 1. The van der Waals surface area contributed by atoms with Crippen LogP contribution in [0.1, 0.15) is 49.3 Å². The number of hydrogen-bond acceptors (Lipinski definition) is 1. The van der Waals surface area contributed by atoms with Gasteiger partial charge >= 0.3 is 0 Å². The molecule has 0 N–H and O–H groups in total. The fourth-order valence-electron chi connectivity index (χ4n) is 3.15. The van der Waals surface area contributed by atoms with Crippen molar-refractivity contribution >= 4 is 0 Å². The minimum absolute atomic E-state index is 0.799. The normalized spacial score (nSPS) is 10.8. The van der Waals surface area contributed by atoms with Gasteiger partial charge < -0.3 is 4.74 Å². The van der Waals surface area contributed by atoms with Crippen LogP contribution in [-0.4, -0.2) is 6.61 Å². The van der Waals surface area contributed by atoms with Gasteiger partial charge in [-0.3, -0.25) is 0 Å². The van der Waals surface area contributed by atoms with Crippen LogP contribution in [0.2, 0.25) is 0 Å². The zero-order valence-electron chi connectivity index (χ0n) is 15.5. The molecule has 133 valence electrons. The molecule has 3 aromatic carbocycles. The molecule has 0 spiro atoms. The van der Waals surface area contributed by atoms with E-state index in [1.54, 1.807) is 0 Å². The maximum absolute atomic E-state index is 5.89. The Bertz CT molecular complexity index is 708. The van der Waals surface area contributed by atoms with Crippen molar-refractivity contribution in [2.24, 2.45) is 0 Å². The molecule has 0 aliphatic carbocycles. The van der Waals surface area contributed by atoms with Gasteiger partial charge in [0.25, 0.3) is 0 Å². The third-order valence-electron chi connectivity index (χ3n) is 4.53. The zero-order chi connectivity index (χ0) is 18.0. The summed E-state index contributed by atoms with van der Waals surface area (Å²) in [5.41, 5.74) is 3.67. The predicted octanol–water partition coefficient (Wildman–Crippen LogP) is 6.66. The lowest BCUT2D eigenvalue weighted by molar-refractivity contribution is 0.305. The fourth-order valence-corrected chi connectivity index (χ4v) is 3.15. The molecule has 0 amide bonds. The van der Waals surface area contributed by atoms with E-state index in [0.29, 0.717) is 0 Å². The van der Waals surface area contributed by atoms with Gasteiger partial charge in [-0.15, -0.1) is 0 Å². The van der Waals surface area contributed by atoms with Crippen molar-refractivity contribution in [1.82, 2.24) is 0 Å². The lowest BCUT2D eigenvalue weighted by Gasteiger charge is -2.18. The molecule has 3 rings (SSSR count). The fraction of sp³-hybridized carbons (Fsp3) is 0.240. The summed E-state index contributed by atoms with van der Waals surface area (Å²) in [6.07, 6.45) is 4.91. The Hall–Kier alpha value is -2.54. The molecular weight excluding hydrogens is 316 g/mol. The Morgan fingerprint density at radius 2 is 1.15 bits per heavy atom. The highest BCUT2D eigenvalue weighted by atomic mass is 16.5. The summed E-state index contributed by atoms with van der Waals surface area (Å²) < 4.78 is 5.89. The molecule has 0 fully saturated rings. The van der Waals surface area contributed by atoms with Gasteiger partial charge in [-0.05, 0) is 35.2 Å². The Kier molecular flexibility index (Phi) is 6.89. The average Bonchev–Trinajstić information content (AvgIpc) is 2.71. The third kappa shape index (κ3) is 4.98. The van der Waals surface area contributed by atoms with Gasteiger partial charge in [-0.2, -0.15) is 0 Å². The van der Waals surface area contributed by atoms with E-state index in [9.17, 15) is 0 Å². The molecule has 1 nitrogen and oxygen atoms in total. The first-order valence-corrected chi connectivity index (χ1v) is 9.59. The lowest BCUT2D eigenvalue weighted by atomic mass is 9.85. The molecular formula is C25H27O. The topological polar surface area (TPSA) is 9.23 Å². The highest BCUT2D eigenvalue weighted by Gasteiger charge is 2.17. The smallest absolute Gasteiger partial charge is 0.119 e. The Morgan fingerprint density at radius 3 is 1.69 bits per heavy atom.